The second kappa shape index (κ2) is 7.44. The Kier molecular flexibility index (Phi) is 5.10. The highest BCUT2D eigenvalue weighted by atomic mass is 32.1. The number of pyridine rings is 1. The number of fused-ring (bicyclic) bond motifs is 1. The van der Waals surface area contributed by atoms with Gasteiger partial charge >= 0.3 is 6.03 Å². The molecular formula is C17H21N5OS. The van der Waals surface area contributed by atoms with Crippen LogP contribution in [0.1, 0.15) is 30.6 Å². The second-order valence-electron chi connectivity index (χ2n) is 5.95. The lowest BCUT2D eigenvalue weighted by atomic mass is 10.1. The molecule has 0 aliphatic carbocycles. The van der Waals surface area contributed by atoms with Gasteiger partial charge in [0.2, 0.25) is 0 Å². The van der Waals surface area contributed by atoms with Gasteiger partial charge in [0.15, 0.2) is 11.5 Å². The summed E-state index contributed by atoms with van der Waals surface area (Å²) >= 11 is 1.75. The molecule has 24 heavy (non-hydrogen) atoms. The van der Waals surface area contributed by atoms with Crippen molar-refractivity contribution >= 4 is 23.0 Å². The van der Waals surface area contributed by atoms with Crippen molar-refractivity contribution in [2.45, 2.75) is 26.3 Å². The summed E-state index contributed by atoms with van der Waals surface area (Å²) in [5, 5.41) is 16.2. The van der Waals surface area contributed by atoms with Crippen molar-refractivity contribution in [1.29, 1.82) is 0 Å². The first-order valence-corrected chi connectivity index (χ1v) is 8.88. The highest BCUT2D eigenvalue weighted by molar-refractivity contribution is 7.09. The number of nitrogens with zero attached hydrogens (tertiary/aromatic N) is 3. The van der Waals surface area contributed by atoms with Crippen LogP contribution in [0.15, 0.2) is 41.9 Å². The van der Waals surface area contributed by atoms with Crippen molar-refractivity contribution in [2.75, 3.05) is 6.54 Å². The zero-order valence-corrected chi connectivity index (χ0v) is 14.6. The number of urea groups is 1. The molecule has 0 radical (unpaired) electrons. The summed E-state index contributed by atoms with van der Waals surface area (Å²) in [6, 6.07) is 9.47. The maximum Gasteiger partial charge on any atom is 0.315 e. The van der Waals surface area contributed by atoms with E-state index in [4.69, 9.17) is 0 Å². The number of carbonyl (C=O) groups excluding carboxylic acids is 1. The van der Waals surface area contributed by atoms with Crippen molar-refractivity contribution in [2.24, 2.45) is 5.92 Å². The molecule has 3 aromatic heterocycles. The lowest BCUT2D eigenvalue weighted by Gasteiger charge is -2.15. The summed E-state index contributed by atoms with van der Waals surface area (Å²) in [4.78, 5) is 13.5. The van der Waals surface area contributed by atoms with Gasteiger partial charge in [-0.1, -0.05) is 19.1 Å². The van der Waals surface area contributed by atoms with Gasteiger partial charge in [0.05, 0.1) is 6.04 Å². The number of nitrogens with one attached hydrogen (secondary N) is 2. The molecule has 0 bridgehead atoms. The van der Waals surface area contributed by atoms with Crippen LogP contribution in [-0.4, -0.2) is 27.2 Å². The van der Waals surface area contributed by atoms with Gasteiger partial charge in [0.1, 0.15) is 0 Å². The van der Waals surface area contributed by atoms with E-state index in [1.54, 1.807) is 11.3 Å². The minimum absolute atomic E-state index is 0.187. The number of carbonyl (C=O) groups is 1. The highest BCUT2D eigenvalue weighted by Crippen LogP contribution is 2.14. The van der Waals surface area contributed by atoms with Crippen LogP contribution in [0, 0.1) is 5.92 Å². The molecule has 3 rings (SSSR count). The fraction of sp³-hybridized carbons (Fsp3) is 0.353. The Morgan fingerprint density at radius 1 is 1.25 bits per heavy atom. The molecule has 0 unspecified atom stereocenters. The molecule has 6 nitrogen and oxygen atoms in total. The lowest BCUT2D eigenvalue weighted by molar-refractivity contribution is 0.235. The Balaban J connectivity index is 1.51. The van der Waals surface area contributed by atoms with Crippen LogP contribution in [0.5, 0.6) is 0 Å². The third-order valence-electron chi connectivity index (χ3n) is 3.82. The first-order valence-electron chi connectivity index (χ1n) is 8.00. The normalized spacial score (nSPS) is 13.6. The Morgan fingerprint density at radius 2 is 2.12 bits per heavy atom. The van der Waals surface area contributed by atoms with Crippen LogP contribution in [0.3, 0.4) is 0 Å². The van der Waals surface area contributed by atoms with Crippen molar-refractivity contribution < 1.29 is 4.79 Å². The summed E-state index contributed by atoms with van der Waals surface area (Å²) < 4.78 is 1.88. The first kappa shape index (κ1) is 16.4. The maximum absolute atomic E-state index is 12.1. The average Bonchev–Trinajstić information content (AvgIpc) is 3.22. The van der Waals surface area contributed by atoms with Gasteiger partial charge < -0.3 is 10.6 Å². The fourth-order valence-electron chi connectivity index (χ4n) is 2.58. The average molecular weight is 343 g/mol. The molecule has 0 spiro atoms. The molecule has 2 N–H and O–H groups in total. The number of hydrogen-bond donors (Lipinski definition) is 2. The van der Waals surface area contributed by atoms with Crippen LogP contribution in [-0.2, 0) is 6.42 Å². The SMILES string of the molecule is C[C@H](CNC(=O)N[C@H](C)c1nnc2ccccn12)Cc1cccs1. The molecule has 2 amide bonds. The Labute approximate surface area is 144 Å². The highest BCUT2D eigenvalue weighted by Gasteiger charge is 2.16. The third kappa shape index (κ3) is 3.91. The van der Waals surface area contributed by atoms with E-state index in [9.17, 15) is 4.79 Å². The molecule has 2 atom stereocenters. The van der Waals surface area contributed by atoms with Gasteiger partial charge in [-0.25, -0.2) is 4.79 Å². The molecule has 0 aliphatic rings. The van der Waals surface area contributed by atoms with Crippen molar-refractivity contribution in [3.8, 4) is 0 Å². The maximum atomic E-state index is 12.1. The number of aromatic nitrogens is 3. The van der Waals surface area contributed by atoms with E-state index in [-0.39, 0.29) is 12.1 Å². The first-order chi connectivity index (χ1) is 11.6. The monoisotopic (exact) mass is 343 g/mol. The summed E-state index contributed by atoms with van der Waals surface area (Å²) in [5.74, 6) is 1.10. The van der Waals surface area contributed by atoms with Crippen molar-refractivity contribution in [3.05, 3.63) is 52.6 Å². The molecule has 7 heteroatoms. The van der Waals surface area contributed by atoms with E-state index in [1.807, 2.05) is 35.7 Å². The zero-order chi connectivity index (χ0) is 16.9. The van der Waals surface area contributed by atoms with E-state index in [0.717, 1.165) is 12.1 Å². The molecule has 3 heterocycles. The smallest absolute Gasteiger partial charge is 0.315 e. The van der Waals surface area contributed by atoms with Gasteiger partial charge in [0.25, 0.3) is 0 Å². The predicted molar refractivity (Wildman–Crippen MR) is 95.1 cm³/mol. The molecule has 0 saturated carbocycles. The summed E-state index contributed by atoms with van der Waals surface area (Å²) in [7, 11) is 0. The van der Waals surface area contributed by atoms with E-state index in [2.05, 4.69) is 45.3 Å². The van der Waals surface area contributed by atoms with Crippen LogP contribution in [0.4, 0.5) is 4.79 Å². The Morgan fingerprint density at radius 3 is 2.92 bits per heavy atom. The van der Waals surface area contributed by atoms with Gasteiger partial charge in [-0.3, -0.25) is 4.40 Å². The van der Waals surface area contributed by atoms with Gasteiger partial charge in [-0.15, -0.1) is 21.5 Å². The second-order valence-corrected chi connectivity index (χ2v) is 6.98. The minimum Gasteiger partial charge on any atom is -0.338 e. The van der Waals surface area contributed by atoms with E-state index >= 15 is 0 Å². The van der Waals surface area contributed by atoms with E-state index < -0.39 is 0 Å². The summed E-state index contributed by atoms with van der Waals surface area (Å²) in [6.07, 6.45) is 2.87. The van der Waals surface area contributed by atoms with Crippen LogP contribution in [0.25, 0.3) is 5.65 Å². The number of thiophene rings is 1. The molecule has 0 fully saturated rings. The predicted octanol–water partition coefficient (Wildman–Crippen LogP) is 3.03. The lowest BCUT2D eigenvalue weighted by Crippen LogP contribution is -2.39. The van der Waals surface area contributed by atoms with Gasteiger partial charge in [-0.2, -0.15) is 0 Å². The topological polar surface area (TPSA) is 71.3 Å². The van der Waals surface area contributed by atoms with Gasteiger partial charge in [0, 0.05) is 17.6 Å². The van der Waals surface area contributed by atoms with Crippen LogP contribution in [0.2, 0.25) is 0 Å². The van der Waals surface area contributed by atoms with E-state index in [0.29, 0.717) is 18.3 Å². The Hall–Kier alpha value is -2.41. The zero-order valence-electron chi connectivity index (χ0n) is 13.8. The molecular weight excluding hydrogens is 322 g/mol. The van der Waals surface area contributed by atoms with Gasteiger partial charge in [-0.05, 0) is 42.8 Å². The van der Waals surface area contributed by atoms with E-state index in [1.165, 1.54) is 4.88 Å². The van der Waals surface area contributed by atoms with Crippen LogP contribution >= 0.6 is 11.3 Å². The standard InChI is InChI=1S/C17H21N5OS/c1-12(10-14-6-5-9-24-14)11-18-17(23)19-13(2)16-21-20-15-7-3-4-8-22(15)16/h3-9,12-13H,10-11H2,1-2H3,(H2,18,19,23)/t12-,13+/m0/s1. The number of hydrogen-bond acceptors (Lipinski definition) is 4. The molecule has 0 aromatic carbocycles. The van der Waals surface area contributed by atoms with Crippen molar-refractivity contribution in [1.82, 2.24) is 25.2 Å². The molecule has 3 aromatic rings. The third-order valence-corrected chi connectivity index (χ3v) is 4.71. The fourth-order valence-corrected chi connectivity index (χ4v) is 3.45. The molecule has 0 saturated heterocycles. The minimum atomic E-state index is -0.227. The summed E-state index contributed by atoms with van der Waals surface area (Å²) in [5.41, 5.74) is 0.770. The van der Waals surface area contributed by atoms with Crippen molar-refractivity contribution in [3.63, 3.8) is 0 Å². The largest absolute Gasteiger partial charge is 0.338 e. The molecule has 0 aliphatic heterocycles. The quantitative estimate of drug-likeness (QED) is 0.723. The Bertz CT molecular complexity index is 798. The van der Waals surface area contributed by atoms with Crippen LogP contribution < -0.4 is 10.6 Å². The summed E-state index contributed by atoms with van der Waals surface area (Å²) in [6.45, 7) is 4.67. The number of amides is 2. The molecule has 126 valence electrons. The number of rotatable bonds is 6.